The molecule has 1 aromatic rings. The van der Waals surface area contributed by atoms with Crippen LogP contribution in [-0.2, 0) is 0 Å². The zero-order valence-electron chi connectivity index (χ0n) is 8.88. The first kappa shape index (κ1) is 14.3. The van der Waals surface area contributed by atoms with Crippen LogP contribution in [0.5, 0.6) is 0 Å². The molecule has 92 valence electrons. The Hall–Kier alpha value is -0.810. The van der Waals surface area contributed by atoms with Crippen LogP contribution < -0.4 is 0 Å². The summed E-state index contributed by atoms with van der Waals surface area (Å²) in [6, 6.07) is 4.66. The summed E-state index contributed by atoms with van der Waals surface area (Å²) in [6.45, 7) is -0.195. The molecular formula is C11H12ClNO3S. The van der Waals surface area contributed by atoms with Crippen LogP contribution in [0.2, 0.25) is 5.02 Å². The number of thiocarbonyl (C=S) groups is 1. The number of hydrogen-bond donors (Lipinski definition) is 3. The van der Waals surface area contributed by atoms with Crippen molar-refractivity contribution in [3.63, 3.8) is 0 Å². The summed E-state index contributed by atoms with van der Waals surface area (Å²) in [7, 11) is 0. The summed E-state index contributed by atoms with van der Waals surface area (Å²) in [5.41, 5.74) is 0.911. The number of aliphatic imine (C=N–C) groups is 1. The molecule has 4 nitrogen and oxygen atoms in total. The molecule has 0 heterocycles. The minimum Gasteiger partial charge on any atom is -0.396 e. The van der Waals surface area contributed by atoms with Gasteiger partial charge >= 0.3 is 0 Å². The van der Waals surface area contributed by atoms with Crippen LogP contribution >= 0.6 is 23.8 Å². The Morgan fingerprint density at radius 3 is 2.65 bits per heavy atom. The Morgan fingerprint density at radius 1 is 1.41 bits per heavy atom. The summed E-state index contributed by atoms with van der Waals surface area (Å²) in [6.07, 6.45) is -2.03. The molecule has 1 aromatic carbocycles. The Morgan fingerprint density at radius 2 is 2.12 bits per heavy atom. The van der Waals surface area contributed by atoms with Gasteiger partial charge in [-0.15, -0.1) is 0 Å². The summed E-state index contributed by atoms with van der Waals surface area (Å²) < 4.78 is 0. The van der Waals surface area contributed by atoms with Gasteiger partial charge in [0.1, 0.15) is 6.10 Å². The van der Waals surface area contributed by atoms with Crippen molar-refractivity contribution in [2.75, 3.05) is 6.61 Å². The molecule has 0 aliphatic heterocycles. The van der Waals surface area contributed by atoms with Crippen molar-refractivity contribution < 1.29 is 15.3 Å². The van der Waals surface area contributed by atoms with Crippen LogP contribution in [0.25, 0.3) is 0 Å². The minimum atomic E-state index is -1.09. The van der Waals surface area contributed by atoms with E-state index in [1.807, 2.05) is 0 Å². The van der Waals surface area contributed by atoms with E-state index in [-0.39, 0.29) is 13.0 Å². The van der Waals surface area contributed by atoms with E-state index in [0.717, 1.165) is 0 Å². The fourth-order valence-electron chi connectivity index (χ4n) is 1.36. The van der Waals surface area contributed by atoms with Crippen molar-refractivity contribution >= 4 is 34.7 Å². The zero-order chi connectivity index (χ0) is 12.8. The molecule has 17 heavy (non-hydrogen) atoms. The monoisotopic (exact) mass is 273 g/mol. The van der Waals surface area contributed by atoms with Gasteiger partial charge in [-0.1, -0.05) is 17.7 Å². The first-order valence-corrected chi connectivity index (χ1v) is 5.73. The largest absolute Gasteiger partial charge is 0.396 e. The highest BCUT2D eigenvalue weighted by molar-refractivity contribution is 7.78. The van der Waals surface area contributed by atoms with E-state index in [9.17, 15) is 10.2 Å². The molecule has 2 atom stereocenters. The highest BCUT2D eigenvalue weighted by Gasteiger charge is 2.18. The minimum absolute atomic E-state index is 0.0959. The maximum absolute atomic E-state index is 9.78. The van der Waals surface area contributed by atoms with Gasteiger partial charge in [-0.3, -0.25) is 0 Å². The molecule has 0 aliphatic carbocycles. The normalized spacial score (nSPS) is 13.9. The summed E-state index contributed by atoms with van der Waals surface area (Å²) in [5, 5.41) is 30.5. The molecule has 0 bridgehead atoms. The molecule has 6 heteroatoms. The predicted molar refractivity (Wildman–Crippen MR) is 68.8 cm³/mol. The topological polar surface area (TPSA) is 73.0 Å². The van der Waals surface area contributed by atoms with E-state index in [1.54, 1.807) is 12.1 Å². The first-order valence-electron chi connectivity index (χ1n) is 4.94. The molecular weight excluding hydrogens is 262 g/mol. The summed E-state index contributed by atoms with van der Waals surface area (Å²) >= 11 is 10.4. The molecule has 0 spiro atoms. The van der Waals surface area contributed by atoms with Gasteiger partial charge < -0.3 is 15.3 Å². The maximum Gasteiger partial charge on any atom is 0.105 e. The lowest BCUT2D eigenvalue weighted by Gasteiger charge is -2.17. The summed E-state index contributed by atoms with van der Waals surface area (Å²) in [4.78, 5) is 3.74. The van der Waals surface area contributed by atoms with E-state index in [1.165, 1.54) is 6.07 Å². The third kappa shape index (κ3) is 3.85. The quantitative estimate of drug-likeness (QED) is 0.565. The average molecular weight is 274 g/mol. The number of rotatable bonds is 5. The molecule has 0 aliphatic rings. The third-order valence-corrected chi connectivity index (χ3v) is 2.66. The molecule has 3 N–H and O–H groups in total. The van der Waals surface area contributed by atoms with Gasteiger partial charge in [0, 0.05) is 6.61 Å². The lowest BCUT2D eigenvalue weighted by molar-refractivity contribution is 0.00423. The number of benzene rings is 1. The van der Waals surface area contributed by atoms with Gasteiger partial charge in [0.05, 0.1) is 22.0 Å². The first-order chi connectivity index (χ1) is 8.10. The molecule has 2 unspecified atom stereocenters. The number of isothiocyanates is 1. The van der Waals surface area contributed by atoms with Gasteiger partial charge in [-0.25, -0.2) is 0 Å². The van der Waals surface area contributed by atoms with Crippen LogP contribution in [0.15, 0.2) is 23.2 Å². The smallest absolute Gasteiger partial charge is 0.105 e. The second-order valence-electron chi connectivity index (χ2n) is 3.44. The highest BCUT2D eigenvalue weighted by atomic mass is 35.5. The van der Waals surface area contributed by atoms with Gasteiger partial charge in [0.25, 0.3) is 0 Å². The van der Waals surface area contributed by atoms with Crippen LogP contribution in [0.4, 0.5) is 5.69 Å². The van der Waals surface area contributed by atoms with Crippen molar-refractivity contribution in [3.8, 4) is 0 Å². The lowest BCUT2D eigenvalue weighted by Crippen LogP contribution is -2.19. The van der Waals surface area contributed by atoms with Crippen molar-refractivity contribution in [3.05, 3.63) is 28.8 Å². The van der Waals surface area contributed by atoms with E-state index in [2.05, 4.69) is 22.4 Å². The average Bonchev–Trinajstić information content (AvgIpc) is 2.31. The second kappa shape index (κ2) is 6.81. The standard InChI is InChI=1S/C11H12ClNO3S/c12-8-5-7(1-2-9(8)13-6-17)11(16)10(15)3-4-14/h1-2,5,10-11,14-16H,3-4H2. The van der Waals surface area contributed by atoms with Gasteiger partial charge in [-0.2, -0.15) is 4.99 Å². The Bertz CT molecular complexity index is 435. The number of aliphatic hydroxyl groups excluding tert-OH is 3. The molecule has 0 amide bonds. The van der Waals surface area contributed by atoms with Crippen molar-refractivity contribution in [1.29, 1.82) is 0 Å². The third-order valence-electron chi connectivity index (χ3n) is 2.27. The van der Waals surface area contributed by atoms with Gasteiger partial charge in [0.15, 0.2) is 0 Å². The fourth-order valence-corrected chi connectivity index (χ4v) is 1.69. The van der Waals surface area contributed by atoms with Crippen molar-refractivity contribution in [2.45, 2.75) is 18.6 Å². The zero-order valence-corrected chi connectivity index (χ0v) is 10.4. The number of hydrogen-bond acceptors (Lipinski definition) is 5. The van der Waals surface area contributed by atoms with Crippen LogP contribution in [-0.4, -0.2) is 33.2 Å². The van der Waals surface area contributed by atoms with E-state index >= 15 is 0 Å². The SMILES string of the molecule is OCCC(O)C(O)c1ccc(N=C=S)c(Cl)c1. The van der Waals surface area contributed by atoms with Crippen LogP contribution in [0, 0.1) is 0 Å². The van der Waals surface area contributed by atoms with Crippen LogP contribution in [0.3, 0.4) is 0 Å². The van der Waals surface area contributed by atoms with Crippen LogP contribution in [0.1, 0.15) is 18.1 Å². The molecule has 0 radical (unpaired) electrons. The fraction of sp³-hybridized carbons (Fsp3) is 0.364. The number of nitrogens with zero attached hydrogens (tertiary/aromatic N) is 1. The Labute approximate surface area is 109 Å². The van der Waals surface area contributed by atoms with E-state index in [4.69, 9.17) is 16.7 Å². The Kier molecular flexibility index (Phi) is 5.71. The lowest BCUT2D eigenvalue weighted by atomic mass is 10.0. The second-order valence-corrected chi connectivity index (χ2v) is 4.03. The Balaban J connectivity index is 2.92. The van der Waals surface area contributed by atoms with Crippen molar-refractivity contribution in [1.82, 2.24) is 0 Å². The highest BCUT2D eigenvalue weighted by Crippen LogP contribution is 2.29. The molecule has 1 rings (SSSR count). The number of aliphatic hydroxyl groups is 3. The molecule has 0 saturated carbocycles. The number of halogens is 1. The molecule has 0 fully saturated rings. The van der Waals surface area contributed by atoms with Gasteiger partial charge in [0.2, 0.25) is 0 Å². The van der Waals surface area contributed by atoms with Crippen molar-refractivity contribution in [2.24, 2.45) is 4.99 Å². The maximum atomic E-state index is 9.78. The van der Waals surface area contributed by atoms with E-state index in [0.29, 0.717) is 16.3 Å². The molecule has 0 saturated heterocycles. The van der Waals surface area contributed by atoms with Gasteiger partial charge in [-0.05, 0) is 36.3 Å². The molecule has 0 aromatic heterocycles. The van der Waals surface area contributed by atoms with E-state index < -0.39 is 12.2 Å². The predicted octanol–water partition coefficient (Wildman–Crippen LogP) is 1.85. The summed E-state index contributed by atoms with van der Waals surface area (Å²) in [5.74, 6) is 0.